The van der Waals surface area contributed by atoms with E-state index in [0.717, 1.165) is 18.4 Å². The van der Waals surface area contributed by atoms with Crippen LogP contribution >= 0.6 is 0 Å². The Balaban J connectivity index is 1.83. The van der Waals surface area contributed by atoms with Crippen molar-refractivity contribution in [3.63, 3.8) is 0 Å². The number of aryl methyl sites for hydroxylation is 1. The van der Waals surface area contributed by atoms with Crippen molar-refractivity contribution in [2.45, 2.75) is 45.7 Å². The maximum atomic E-state index is 12.5. The number of nitrogens with one attached hydrogen (secondary N) is 1. The van der Waals surface area contributed by atoms with Gasteiger partial charge in [0.25, 0.3) is 0 Å². The number of nitrogens with zero attached hydrogens (tertiary/aromatic N) is 2. The summed E-state index contributed by atoms with van der Waals surface area (Å²) in [6, 6.07) is 8.47. The SMILES string of the molecule is CCN(CCCNC(=O)N(Cc1cccc(C)c1)C1CC1)S(C)(=O)=O. The van der Waals surface area contributed by atoms with Crippen LogP contribution in [0.5, 0.6) is 0 Å². The zero-order valence-corrected chi connectivity index (χ0v) is 16.2. The lowest BCUT2D eigenvalue weighted by Crippen LogP contribution is -2.42. The minimum absolute atomic E-state index is 0.0635. The van der Waals surface area contributed by atoms with Crippen LogP contribution in [0.1, 0.15) is 37.3 Å². The molecular weight excluding hydrogens is 338 g/mol. The van der Waals surface area contributed by atoms with Gasteiger partial charge < -0.3 is 10.2 Å². The van der Waals surface area contributed by atoms with E-state index >= 15 is 0 Å². The van der Waals surface area contributed by atoms with Gasteiger partial charge in [-0.25, -0.2) is 17.5 Å². The van der Waals surface area contributed by atoms with Crippen molar-refractivity contribution in [2.24, 2.45) is 0 Å². The van der Waals surface area contributed by atoms with E-state index in [-0.39, 0.29) is 6.03 Å². The van der Waals surface area contributed by atoms with Crippen LogP contribution in [0.15, 0.2) is 24.3 Å². The zero-order chi connectivity index (χ0) is 18.4. The maximum absolute atomic E-state index is 12.5. The number of rotatable bonds is 9. The van der Waals surface area contributed by atoms with E-state index in [1.54, 1.807) is 0 Å². The molecule has 0 atom stereocenters. The molecule has 1 aliphatic carbocycles. The molecule has 1 N–H and O–H groups in total. The fourth-order valence-electron chi connectivity index (χ4n) is 2.87. The number of hydrogen-bond acceptors (Lipinski definition) is 3. The Bertz CT molecular complexity index is 687. The number of amides is 2. The van der Waals surface area contributed by atoms with Crippen LogP contribution in [0.2, 0.25) is 0 Å². The summed E-state index contributed by atoms with van der Waals surface area (Å²) in [5.41, 5.74) is 2.32. The molecule has 0 unspecified atom stereocenters. The molecule has 0 aromatic heterocycles. The molecule has 2 rings (SSSR count). The number of urea groups is 1. The van der Waals surface area contributed by atoms with Crippen LogP contribution in [0.4, 0.5) is 4.79 Å². The van der Waals surface area contributed by atoms with Gasteiger partial charge in [0.05, 0.1) is 6.26 Å². The van der Waals surface area contributed by atoms with Gasteiger partial charge in [0.1, 0.15) is 0 Å². The summed E-state index contributed by atoms with van der Waals surface area (Å²) >= 11 is 0. The largest absolute Gasteiger partial charge is 0.338 e. The number of sulfonamides is 1. The summed E-state index contributed by atoms with van der Waals surface area (Å²) in [5, 5.41) is 2.94. The molecule has 0 aliphatic heterocycles. The Morgan fingerprint density at radius 2 is 2.04 bits per heavy atom. The lowest BCUT2D eigenvalue weighted by Gasteiger charge is -2.24. The number of benzene rings is 1. The van der Waals surface area contributed by atoms with E-state index < -0.39 is 10.0 Å². The Labute approximate surface area is 151 Å². The highest BCUT2D eigenvalue weighted by Crippen LogP contribution is 2.28. The van der Waals surface area contributed by atoms with Gasteiger partial charge in [0.15, 0.2) is 0 Å². The zero-order valence-electron chi connectivity index (χ0n) is 15.4. The predicted molar refractivity (Wildman–Crippen MR) is 99.9 cm³/mol. The molecule has 25 heavy (non-hydrogen) atoms. The van der Waals surface area contributed by atoms with Crippen LogP contribution in [-0.4, -0.2) is 55.6 Å². The van der Waals surface area contributed by atoms with Gasteiger partial charge >= 0.3 is 6.03 Å². The summed E-state index contributed by atoms with van der Waals surface area (Å²) in [4.78, 5) is 14.4. The van der Waals surface area contributed by atoms with E-state index in [4.69, 9.17) is 0 Å². The third kappa shape index (κ3) is 6.32. The van der Waals surface area contributed by atoms with Crippen molar-refractivity contribution in [3.05, 3.63) is 35.4 Å². The first-order chi connectivity index (χ1) is 11.8. The van der Waals surface area contributed by atoms with Gasteiger partial charge in [0, 0.05) is 32.2 Å². The Morgan fingerprint density at radius 3 is 2.60 bits per heavy atom. The fraction of sp³-hybridized carbons (Fsp3) is 0.611. The highest BCUT2D eigenvalue weighted by atomic mass is 32.2. The average Bonchev–Trinajstić information content (AvgIpc) is 3.36. The lowest BCUT2D eigenvalue weighted by atomic mass is 10.1. The van der Waals surface area contributed by atoms with Crippen molar-refractivity contribution in [3.8, 4) is 0 Å². The third-order valence-electron chi connectivity index (χ3n) is 4.37. The molecule has 2 amide bonds. The number of hydrogen-bond donors (Lipinski definition) is 1. The standard InChI is InChI=1S/C18H29N3O3S/c1-4-20(25(3,23)24)12-6-11-19-18(22)21(17-9-10-17)14-16-8-5-7-15(2)13-16/h5,7-8,13,17H,4,6,9-12,14H2,1-3H3,(H,19,22). The van der Waals surface area contributed by atoms with Crippen LogP contribution < -0.4 is 5.32 Å². The molecule has 140 valence electrons. The van der Waals surface area contributed by atoms with Crippen molar-refractivity contribution in [1.29, 1.82) is 0 Å². The molecule has 1 aromatic carbocycles. The Hall–Kier alpha value is -1.60. The molecule has 0 radical (unpaired) electrons. The van der Waals surface area contributed by atoms with E-state index in [1.807, 2.05) is 36.9 Å². The van der Waals surface area contributed by atoms with Crippen LogP contribution in [0.3, 0.4) is 0 Å². The highest BCUT2D eigenvalue weighted by molar-refractivity contribution is 7.88. The van der Waals surface area contributed by atoms with Gasteiger partial charge in [-0.15, -0.1) is 0 Å². The second-order valence-electron chi connectivity index (χ2n) is 6.69. The number of carbonyl (C=O) groups is 1. The first-order valence-electron chi connectivity index (χ1n) is 8.86. The smallest absolute Gasteiger partial charge is 0.317 e. The number of carbonyl (C=O) groups excluding carboxylic acids is 1. The summed E-state index contributed by atoms with van der Waals surface area (Å²) < 4.78 is 24.5. The van der Waals surface area contributed by atoms with Crippen LogP contribution in [-0.2, 0) is 16.6 Å². The van der Waals surface area contributed by atoms with Gasteiger partial charge in [0.2, 0.25) is 10.0 Å². The molecular formula is C18H29N3O3S. The van der Waals surface area contributed by atoms with Crippen molar-refractivity contribution in [2.75, 3.05) is 25.9 Å². The fourth-order valence-corrected chi connectivity index (χ4v) is 3.80. The molecule has 0 heterocycles. The van der Waals surface area contributed by atoms with E-state index in [1.165, 1.54) is 16.1 Å². The molecule has 0 bridgehead atoms. The van der Waals surface area contributed by atoms with Gasteiger partial charge in [-0.3, -0.25) is 0 Å². The minimum atomic E-state index is -3.17. The van der Waals surface area contributed by atoms with E-state index in [2.05, 4.69) is 11.4 Å². The minimum Gasteiger partial charge on any atom is -0.338 e. The first-order valence-corrected chi connectivity index (χ1v) is 10.7. The molecule has 1 aliphatic rings. The van der Waals surface area contributed by atoms with Gasteiger partial charge in [-0.2, -0.15) is 0 Å². The van der Waals surface area contributed by atoms with E-state index in [9.17, 15) is 13.2 Å². The first kappa shape index (κ1) is 19.7. The van der Waals surface area contributed by atoms with Crippen LogP contribution in [0, 0.1) is 6.92 Å². The summed E-state index contributed by atoms with van der Waals surface area (Å²) in [7, 11) is -3.17. The molecule has 7 heteroatoms. The topological polar surface area (TPSA) is 69.7 Å². The van der Waals surface area contributed by atoms with E-state index in [0.29, 0.717) is 38.6 Å². The van der Waals surface area contributed by atoms with Crippen molar-refractivity contribution >= 4 is 16.1 Å². The molecule has 0 saturated heterocycles. The van der Waals surface area contributed by atoms with Crippen LogP contribution in [0.25, 0.3) is 0 Å². The molecule has 1 saturated carbocycles. The van der Waals surface area contributed by atoms with Gasteiger partial charge in [-0.05, 0) is 31.7 Å². The van der Waals surface area contributed by atoms with Crippen molar-refractivity contribution < 1.29 is 13.2 Å². The molecule has 1 aromatic rings. The summed E-state index contributed by atoms with van der Waals surface area (Å²) in [6.45, 7) is 5.83. The monoisotopic (exact) mass is 367 g/mol. The van der Waals surface area contributed by atoms with Crippen molar-refractivity contribution in [1.82, 2.24) is 14.5 Å². The Kier molecular flexibility index (Phi) is 6.84. The van der Waals surface area contributed by atoms with Gasteiger partial charge in [-0.1, -0.05) is 36.8 Å². The highest BCUT2D eigenvalue weighted by Gasteiger charge is 2.32. The average molecular weight is 368 g/mol. The molecule has 1 fully saturated rings. The second-order valence-corrected chi connectivity index (χ2v) is 8.67. The third-order valence-corrected chi connectivity index (χ3v) is 5.74. The normalized spacial score (nSPS) is 14.6. The lowest BCUT2D eigenvalue weighted by molar-refractivity contribution is 0.191. The quantitative estimate of drug-likeness (QED) is 0.681. The maximum Gasteiger partial charge on any atom is 0.317 e. The summed E-state index contributed by atoms with van der Waals surface area (Å²) in [5.74, 6) is 0. The molecule has 0 spiro atoms. The second kappa shape index (κ2) is 8.67. The molecule has 6 nitrogen and oxygen atoms in total. The Morgan fingerprint density at radius 1 is 1.32 bits per heavy atom. The predicted octanol–water partition coefficient (Wildman–Crippen LogP) is 2.34. The summed E-state index contributed by atoms with van der Waals surface area (Å²) in [6.07, 6.45) is 3.93.